The van der Waals surface area contributed by atoms with Gasteiger partial charge < -0.3 is 20.3 Å². The van der Waals surface area contributed by atoms with Crippen molar-refractivity contribution < 1.29 is 14.3 Å². The minimum absolute atomic E-state index is 0.00715. The Balaban J connectivity index is 1.17. The summed E-state index contributed by atoms with van der Waals surface area (Å²) in [6.07, 6.45) is 3.26. The van der Waals surface area contributed by atoms with Crippen LogP contribution in [0.5, 0.6) is 5.88 Å². The highest BCUT2D eigenvalue weighted by Gasteiger charge is 2.53. The molecule has 0 unspecified atom stereocenters. The highest BCUT2D eigenvalue weighted by molar-refractivity contribution is 6.36. The molecule has 4 heterocycles. The van der Waals surface area contributed by atoms with Crippen LogP contribution in [-0.4, -0.2) is 75.8 Å². The van der Waals surface area contributed by atoms with Crippen molar-refractivity contribution in [1.29, 1.82) is 0 Å². The van der Waals surface area contributed by atoms with Gasteiger partial charge in [0, 0.05) is 68.3 Å². The van der Waals surface area contributed by atoms with E-state index in [9.17, 15) is 14.4 Å². The number of pyridine rings is 1. The molecule has 2 aromatic heterocycles. The number of nitrogens with zero attached hydrogens (tertiary/aromatic N) is 5. The maximum Gasteiger partial charge on any atom is 0.317 e. The molecule has 0 bridgehead atoms. The molecule has 0 saturated carbocycles. The second-order valence-electron chi connectivity index (χ2n) is 12.4. The number of carbonyl (C=O) groups excluding carboxylic acids is 2. The number of hydrogen-bond acceptors (Lipinski definition) is 7. The zero-order valence-corrected chi connectivity index (χ0v) is 26.8. The van der Waals surface area contributed by atoms with Crippen molar-refractivity contribution in [3.05, 3.63) is 92.4 Å². The fourth-order valence-corrected chi connectivity index (χ4v) is 7.45. The standard InChI is InChI=1S/C34H34ClN7O4/c1-19-21(7-6-10-25(19)37-30(43)24-13-14-36-41(3)32(24)44)22-8-5-9-23(29(22)35)26-15-20-11-12-27(28(20)31(38-26)46-4)42-17-34(18-42)16-40(2)33(45)39-34/h5-10,13-15,27H,11-12,16-18H2,1-4H3,(H,37,43)(H,39,45)/t27-/m0/s1. The first-order valence-corrected chi connectivity index (χ1v) is 15.5. The number of ether oxygens (including phenoxy) is 1. The van der Waals surface area contributed by atoms with Gasteiger partial charge in [-0.3, -0.25) is 14.5 Å². The molecule has 236 valence electrons. The van der Waals surface area contributed by atoms with E-state index in [4.69, 9.17) is 21.3 Å². The van der Waals surface area contributed by atoms with Gasteiger partial charge in [0.05, 0.1) is 23.4 Å². The first kappa shape index (κ1) is 29.9. The lowest BCUT2D eigenvalue weighted by molar-refractivity contribution is 0.0198. The minimum Gasteiger partial charge on any atom is -0.481 e. The summed E-state index contributed by atoms with van der Waals surface area (Å²) >= 11 is 7.13. The number of nitrogens with one attached hydrogen (secondary N) is 2. The Morgan fingerprint density at radius 2 is 1.80 bits per heavy atom. The van der Waals surface area contributed by atoms with Gasteiger partial charge in [-0.05, 0) is 54.7 Å². The van der Waals surface area contributed by atoms with Crippen molar-refractivity contribution in [3.63, 3.8) is 0 Å². The van der Waals surface area contributed by atoms with Gasteiger partial charge in [-0.15, -0.1) is 0 Å². The smallest absolute Gasteiger partial charge is 0.317 e. The number of aryl methyl sites for hydroxylation is 2. The number of fused-ring (bicyclic) bond motifs is 1. The van der Waals surface area contributed by atoms with E-state index in [0.29, 0.717) is 23.1 Å². The molecule has 4 aromatic rings. The molecule has 12 heteroatoms. The van der Waals surface area contributed by atoms with Crippen LogP contribution in [0, 0.1) is 6.92 Å². The summed E-state index contributed by atoms with van der Waals surface area (Å²) in [5, 5.41) is 10.5. The summed E-state index contributed by atoms with van der Waals surface area (Å²) in [5.41, 5.74) is 6.16. The third kappa shape index (κ3) is 4.90. The molecule has 2 aromatic carbocycles. The quantitative estimate of drug-likeness (QED) is 0.320. The third-order valence-electron chi connectivity index (χ3n) is 9.43. The number of halogens is 1. The van der Waals surface area contributed by atoms with Crippen LogP contribution < -0.4 is 20.9 Å². The largest absolute Gasteiger partial charge is 0.481 e. The number of carbonyl (C=O) groups is 2. The van der Waals surface area contributed by atoms with Crippen LogP contribution in [0.25, 0.3) is 22.4 Å². The number of aromatic nitrogens is 3. The molecular weight excluding hydrogens is 606 g/mol. The molecule has 3 amide bonds. The van der Waals surface area contributed by atoms with Crippen LogP contribution in [0.3, 0.4) is 0 Å². The molecule has 11 nitrogen and oxygen atoms in total. The van der Waals surface area contributed by atoms with E-state index in [2.05, 4.69) is 26.7 Å². The molecule has 2 saturated heterocycles. The number of likely N-dealkylation sites (tertiary alicyclic amines) is 1. The summed E-state index contributed by atoms with van der Waals surface area (Å²) in [5.74, 6) is 0.0812. The first-order valence-electron chi connectivity index (χ1n) is 15.2. The van der Waals surface area contributed by atoms with E-state index in [-0.39, 0.29) is 23.2 Å². The summed E-state index contributed by atoms with van der Waals surface area (Å²) in [4.78, 5) is 46.7. The number of rotatable bonds is 6. The summed E-state index contributed by atoms with van der Waals surface area (Å²) in [6, 6.07) is 15.1. The summed E-state index contributed by atoms with van der Waals surface area (Å²) in [7, 11) is 4.98. The molecule has 2 aliphatic heterocycles. The number of anilines is 1. The Kier molecular flexibility index (Phi) is 7.32. The van der Waals surface area contributed by atoms with E-state index in [1.807, 2.05) is 44.3 Å². The molecule has 3 aliphatic rings. The normalized spacial score (nSPS) is 18.3. The molecule has 1 spiro atoms. The highest BCUT2D eigenvalue weighted by Crippen LogP contribution is 2.47. The Morgan fingerprint density at radius 1 is 1.07 bits per heavy atom. The van der Waals surface area contributed by atoms with Crippen molar-refractivity contribution in [3.8, 4) is 28.3 Å². The molecule has 0 radical (unpaired) electrons. The summed E-state index contributed by atoms with van der Waals surface area (Å²) < 4.78 is 7.00. The van der Waals surface area contributed by atoms with Crippen LogP contribution in [0.1, 0.15) is 39.5 Å². The van der Waals surface area contributed by atoms with Crippen molar-refractivity contribution in [1.82, 2.24) is 29.9 Å². The second kappa shape index (κ2) is 11.3. The van der Waals surface area contributed by atoms with Gasteiger partial charge in [-0.25, -0.2) is 14.5 Å². The highest BCUT2D eigenvalue weighted by atomic mass is 35.5. The van der Waals surface area contributed by atoms with Crippen molar-refractivity contribution in [2.45, 2.75) is 31.3 Å². The Hall–Kier alpha value is -4.74. The Bertz CT molecular complexity index is 1970. The van der Waals surface area contributed by atoms with Gasteiger partial charge in [0.1, 0.15) is 5.56 Å². The van der Waals surface area contributed by atoms with Crippen LogP contribution in [0.15, 0.2) is 59.5 Å². The van der Waals surface area contributed by atoms with E-state index in [1.165, 1.54) is 24.9 Å². The lowest BCUT2D eigenvalue weighted by Crippen LogP contribution is -2.69. The lowest BCUT2D eigenvalue weighted by atomic mass is 9.88. The van der Waals surface area contributed by atoms with Crippen LogP contribution in [-0.2, 0) is 13.5 Å². The van der Waals surface area contributed by atoms with E-state index in [0.717, 1.165) is 64.1 Å². The number of methoxy groups -OCH3 is 1. The van der Waals surface area contributed by atoms with E-state index < -0.39 is 11.5 Å². The molecule has 46 heavy (non-hydrogen) atoms. The van der Waals surface area contributed by atoms with Crippen molar-refractivity contribution in [2.75, 3.05) is 39.1 Å². The number of amides is 3. The van der Waals surface area contributed by atoms with Crippen molar-refractivity contribution in [2.24, 2.45) is 7.05 Å². The zero-order valence-electron chi connectivity index (χ0n) is 26.1. The fourth-order valence-electron chi connectivity index (χ4n) is 7.13. The van der Waals surface area contributed by atoms with Gasteiger partial charge in [0.15, 0.2) is 0 Å². The molecule has 7 rings (SSSR count). The fraction of sp³-hybridized carbons (Fsp3) is 0.324. The van der Waals surface area contributed by atoms with Gasteiger partial charge in [0.25, 0.3) is 11.5 Å². The lowest BCUT2D eigenvalue weighted by Gasteiger charge is -2.50. The van der Waals surface area contributed by atoms with Crippen molar-refractivity contribution >= 4 is 29.2 Å². The number of benzene rings is 2. The first-order chi connectivity index (χ1) is 22.1. The predicted octanol–water partition coefficient (Wildman–Crippen LogP) is 4.43. The maximum atomic E-state index is 13.0. The Labute approximate surface area is 271 Å². The van der Waals surface area contributed by atoms with Crippen LogP contribution in [0.2, 0.25) is 5.02 Å². The average molecular weight is 640 g/mol. The van der Waals surface area contributed by atoms with E-state index in [1.54, 1.807) is 18.1 Å². The maximum absolute atomic E-state index is 13.0. The third-order valence-corrected chi connectivity index (χ3v) is 9.84. The number of likely N-dealkylation sites (N-methyl/N-ethyl adjacent to an activating group) is 1. The average Bonchev–Trinajstić information content (AvgIpc) is 3.58. The van der Waals surface area contributed by atoms with E-state index >= 15 is 0 Å². The minimum atomic E-state index is -0.510. The Morgan fingerprint density at radius 3 is 2.54 bits per heavy atom. The van der Waals surface area contributed by atoms with Gasteiger partial charge >= 0.3 is 6.03 Å². The molecule has 2 N–H and O–H groups in total. The molecule has 1 atom stereocenters. The topological polar surface area (TPSA) is 122 Å². The second-order valence-corrected chi connectivity index (χ2v) is 12.8. The summed E-state index contributed by atoms with van der Waals surface area (Å²) in [6.45, 7) is 4.21. The molecule has 1 aliphatic carbocycles. The van der Waals surface area contributed by atoms with Gasteiger partial charge in [0.2, 0.25) is 5.88 Å². The van der Waals surface area contributed by atoms with Crippen LogP contribution >= 0.6 is 11.6 Å². The van der Waals surface area contributed by atoms with Gasteiger partial charge in [-0.2, -0.15) is 5.10 Å². The molecular formula is C34H34ClN7O4. The number of urea groups is 1. The monoisotopic (exact) mass is 639 g/mol. The molecule has 2 fully saturated rings. The zero-order chi connectivity index (χ0) is 32.3. The predicted molar refractivity (Wildman–Crippen MR) is 175 cm³/mol. The number of hydrogen-bond donors (Lipinski definition) is 2. The SMILES string of the molecule is COc1nc(-c2cccc(-c3cccc(NC(=O)c4ccnn(C)c4=O)c3C)c2Cl)cc2c1[C@@H](N1CC3(CN(C)C(=O)N3)C1)CC2. The van der Waals surface area contributed by atoms with Gasteiger partial charge in [-0.1, -0.05) is 41.9 Å². The van der Waals surface area contributed by atoms with Crippen LogP contribution in [0.4, 0.5) is 10.5 Å².